The summed E-state index contributed by atoms with van der Waals surface area (Å²) in [5.74, 6) is 0.696. The van der Waals surface area contributed by atoms with E-state index in [-0.39, 0.29) is 5.03 Å². The summed E-state index contributed by atoms with van der Waals surface area (Å²) in [7, 11) is -1.68. The van der Waals surface area contributed by atoms with Gasteiger partial charge in [0.2, 0.25) is 0 Å². The van der Waals surface area contributed by atoms with Gasteiger partial charge in [0.05, 0.1) is 0 Å². The standard InChI is InChI=1S/C13H25N5O2S/c1-4-12(9-14)17-5-7-18(8-6-17)21(19,20)13-10-16(3)11(2)15-13/h10,12H,4-9,14H2,1-3H3. The predicted molar refractivity (Wildman–Crippen MR) is 81.4 cm³/mol. The van der Waals surface area contributed by atoms with E-state index in [1.54, 1.807) is 24.7 Å². The van der Waals surface area contributed by atoms with Crippen LogP contribution in [0.3, 0.4) is 0 Å². The molecule has 0 radical (unpaired) electrons. The lowest BCUT2D eigenvalue weighted by Gasteiger charge is -2.37. The average molecular weight is 315 g/mol. The second-order valence-electron chi connectivity index (χ2n) is 5.48. The van der Waals surface area contributed by atoms with Crippen LogP contribution < -0.4 is 5.73 Å². The quantitative estimate of drug-likeness (QED) is 0.811. The highest BCUT2D eigenvalue weighted by molar-refractivity contribution is 7.89. The van der Waals surface area contributed by atoms with E-state index in [0.717, 1.165) is 19.5 Å². The third-order valence-electron chi connectivity index (χ3n) is 4.22. The van der Waals surface area contributed by atoms with E-state index < -0.39 is 10.0 Å². The van der Waals surface area contributed by atoms with Crippen molar-refractivity contribution < 1.29 is 8.42 Å². The number of aromatic nitrogens is 2. The van der Waals surface area contributed by atoms with E-state index in [1.807, 2.05) is 0 Å². The molecule has 2 heterocycles. The molecule has 1 atom stereocenters. The number of rotatable bonds is 5. The first kappa shape index (κ1) is 16.4. The largest absolute Gasteiger partial charge is 0.337 e. The lowest BCUT2D eigenvalue weighted by atomic mass is 10.1. The molecule has 0 aromatic carbocycles. The number of nitrogens with zero attached hydrogens (tertiary/aromatic N) is 4. The van der Waals surface area contributed by atoms with Gasteiger partial charge in [-0.05, 0) is 13.3 Å². The Kier molecular flexibility index (Phi) is 5.03. The maximum absolute atomic E-state index is 12.6. The third kappa shape index (κ3) is 3.28. The van der Waals surface area contributed by atoms with E-state index in [9.17, 15) is 8.42 Å². The summed E-state index contributed by atoms with van der Waals surface area (Å²) in [6.45, 7) is 6.95. The van der Waals surface area contributed by atoms with Crippen LogP contribution in [0.2, 0.25) is 0 Å². The van der Waals surface area contributed by atoms with Gasteiger partial charge in [0.25, 0.3) is 10.0 Å². The van der Waals surface area contributed by atoms with Crippen molar-refractivity contribution in [1.29, 1.82) is 0 Å². The van der Waals surface area contributed by atoms with Gasteiger partial charge in [0.1, 0.15) is 5.82 Å². The number of nitrogens with two attached hydrogens (primary N) is 1. The molecule has 1 aliphatic heterocycles. The Balaban J connectivity index is 2.07. The number of imidazole rings is 1. The minimum absolute atomic E-state index is 0.141. The van der Waals surface area contributed by atoms with E-state index >= 15 is 0 Å². The van der Waals surface area contributed by atoms with Gasteiger partial charge in [-0.3, -0.25) is 4.90 Å². The highest BCUT2D eigenvalue weighted by Gasteiger charge is 2.31. The van der Waals surface area contributed by atoms with Gasteiger partial charge in [0.15, 0.2) is 5.03 Å². The Morgan fingerprint density at radius 1 is 1.33 bits per heavy atom. The van der Waals surface area contributed by atoms with Crippen molar-refractivity contribution in [3.63, 3.8) is 0 Å². The van der Waals surface area contributed by atoms with Crippen molar-refractivity contribution in [2.45, 2.75) is 31.3 Å². The molecule has 1 aliphatic rings. The van der Waals surface area contributed by atoms with Crippen molar-refractivity contribution in [2.24, 2.45) is 12.8 Å². The molecular formula is C13H25N5O2S. The summed E-state index contributed by atoms with van der Waals surface area (Å²) in [6, 6.07) is 0.340. The first-order chi connectivity index (χ1) is 9.90. The Morgan fingerprint density at radius 2 is 1.95 bits per heavy atom. The van der Waals surface area contributed by atoms with E-state index in [1.165, 1.54) is 4.31 Å². The van der Waals surface area contributed by atoms with E-state index in [4.69, 9.17) is 5.73 Å². The smallest absolute Gasteiger partial charge is 0.262 e. The summed E-state index contributed by atoms with van der Waals surface area (Å²) in [4.78, 5) is 6.42. The van der Waals surface area contributed by atoms with Crippen molar-refractivity contribution in [1.82, 2.24) is 18.8 Å². The molecule has 1 fully saturated rings. The zero-order chi connectivity index (χ0) is 15.6. The van der Waals surface area contributed by atoms with Crippen LogP contribution in [0.4, 0.5) is 0 Å². The average Bonchev–Trinajstić information content (AvgIpc) is 2.81. The van der Waals surface area contributed by atoms with Crippen LogP contribution in [0.25, 0.3) is 0 Å². The van der Waals surface area contributed by atoms with Crippen LogP contribution in [-0.2, 0) is 17.1 Å². The Labute approximate surface area is 126 Å². The van der Waals surface area contributed by atoms with Crippen LogP contribution in [0.15, 0.2) is 11.2 Å². The van der Waals surface area contributed by atoms with Crippen LogP contribution in [0.1, 0.15) is 19.2 Å². The molecule has 1 unspecified atom stereocenters. The monoisotopic (exact) mass is 315 g/mol. The third-order valence-corrected chi connectivity index (χ3v) is 5.99. The first-order valence-corrected chi connectivity index (χ1v) is 8.78. The molecule has 21 heavy (non-hydrogen) atoms. The van der Waals surface area contributed by atoms with Crippen molar-refractivity contribution in [2.75, 3.05) is 32.7 Å². The molecule has 1 aromatic rings. The fourth-order valence-electron chi connectivity index (χ4n) is 2.67. The van der Waals surface area contributed by atoms with Gasteiger partial charge < -0.3 is 10.3 Å². The number of hydrogen-bond donors (Lipinski definition) is 1. The maximum atomic E-state index is 12.6. The van der Waals surface area contributed by atoms with Gasteiger partial charge in [0, 0.05) is 52.0 Å². The predicted octanol–water partition coefficient (Wildman–Crippen LogP) is -0.228. The molecule has 2 rings (SSSR count). The van der Waals surface area contributed by atoms with Gasteiger partial charge in [-0.15, -0.1) is 0 Å². The number of hydrogen-bond acceptors (Lipinski definition) is 5. The molecule has 1 saturated heterocycles. The fraction of sp³-hybridized carbons (Fsp3) is 0.769. The molecule has 0 aliphatic carbocycles. The van der Waals surface area contributed by atoms with Crippen molar-refractivity contribution in [3.8, 4) is 0 Å². The topological polar surface area (TPSA) is 84.5 Å². The molecular weight excluding hydrogens is 290 g/mol. The molecule has 8 heteroatoms. The number of aryl methyl sites for hydroxylation is 2. The van der Waals surface area contributed by atoms with Crippen LogP contribution >= 0.6 is 0 Å². The SMILES string of the molecule is CCC(CN)N1CCN(S(=O)(=O)c2cn(C)c(C)n2)CC1. The normalized spacial score (nSPS) is 19.8. The fourth-order valence-corrected chi connectivity index (χ4v) is 4.11. The molecule has 120 valence electrons. The van der Waals surface area contributed by atoms with Gasteiger partial charge >= 0.3 is 0 Å². The molecule has 1 aromatic heterocycles. The van der Waals surface area contributed by atoms with Crippen molar-refractivity contribution >= 4 is 10.0 Å². The molecule has 0 spiro atoms. The van der Waals surface area contributed by atoms with Crippen molar-refractivity contribution in [3.05, 3.63) is 12.0 Å². The Hall–Kier alpha value is -0.960. The van der Waals surface area contributed by atoms with Gasteiger partial charge in [-0.25, -0.2) is 13.4 Å². The molecule has 0 bridgehead atoms. The highest BCUT2D eigenvalue weighted by atomic mass is 32.2. The molecule has 0 amide bonds. The van der Waals surface area contributed by atoms with Gasteiger partial charge in [-0.1, -0.05) is 6.92 Å². The molecule has 7 nitrogen and oxygen atoms in total. The summed E-state index contributed by atoms with van der Waals surface area (Å²) < 4.78 is 28.4. The van der Waals surface area contributed by atoms with Crippen LogP contribution in [0.5, 0.6) is 0 Å². The highest BCUT2D eigenvalue weighted by Crippen LogP contribution is 2.18. The second-order valence-corrected chi connectivity index (χ2v) is 7.36. The zero-order valence-corrected chi connectivity index (χ0v) is 13.8. The number of piperazine rings is 1. The lowest BCUT2D eigenvalue weighted by molar-refractivity contribution is 0.137. The Bertz CT molecular complexity index is 552. The Morgan fingerprint density at radius 3 is 2.38 bits per heavy atom. The molecule has 2 N–H and O–H groups in total. The summed E-state index contributed by atoms with van der Waals surface area (Å²) in [5, 5.41) is 0.141. The minimum atomic E-state index is -3.48. The maximum Gasteiger partial charge on any atom is 0.262 e. The summed E-state index contributed by atoms with van der Waals surface area (Å²) >= 11 is 0. The van der Waals surface area contributed by atoms with E-state index in [2.05, 4.69) is 16.8 Å². The summed E-state index contributed by atoms with van der Waals surface area (Å²) in [6.07, 6.45) is 2.56. The zero-order valence-electron chi connectivity index (χ0n) is 13.0. The second kappa shape index (κ2) is 6.43. The van der Waals surface area contributed by atoms with Gasteiger partial charge in [-0.2, -0.15) is 4.31 Å². The lowest BCUT2D eigenvalue weighted by Crippen LogP contribution is -2.53. The van der Waals surface area contributed by atoms with Crippen LogP contribution in [-0.4, -0.2) is 65.9 Å². The number of sulfonamides is 1. The minimum Gasteiger partial charge on any atom is -0.337 e. The summed E-state index contributed by atoms with van der Waals surface area (Å²) in [5.41, 5.74) is 5.76. The first-order valence-electron chi connectivity index (χ1n) is 7.34. The molecule has 0 saturated carbocycles. The van der Waals surface area contributed by atoms with E-state index in [0.29, 0.717) is 31.5 Å². The van der Waals surface area contributed by atoms with Crippen LogP contribution in [0, 0.1) is 6.92 Å².